The Balaban J connectivity index is 1.76. The lowest BCUT2D eigenvalue weighted by atomic mass is 10.1. The van der Waals surface area contributed by atoms with Crippen molar-refractivity contribution < 1.29 is 0 Å². The normalized spacial score (nSPS) is 15.0. The molecular weight excluding hydrogens is 300 g/mol. The number of H-pyrrole nitrogens is 1. The molecule has 3 rings (SSSR count). The molecule has 128 valence electrons. The fourth-order valence-electron chi connectivity index (χ4n) is 3.17. The number of nitrogens with zero attached hydrogens (tertiary/aromatic N) is 3. The van der Waals surface area contributed by atoms with E-state index in [1.807, 2.05) is 19.0 Å². The second kappa shape index (κ2) is 6.77. The molecule has 1 aliphatic rings. The Morgan fingerprint density at radius 3 is 2.62 bits per heavy atom. The average molecular weight is 326 g/mol. The largest absolute Gasteiger partial charge is 0.348 e. The van der Waals surface area contributed by atoms with E-state index < -0.39 is 0 Å². The molecule has 2 heterocycles. The summed E-state index contributed by atoms with van der Waals surface area (Å²) in [6.07, 6.45) is 1.58. The summed E-state index contributed by atoms with van der Waals surface area (Å²) in [5.74, 6) is 0.640. The van der Waals surface area contributed by atoms with Crippen molar-refractivity contribution in [2.24, 2.45) is 0 Å². The van der Waals surface area contributed by atoms with Crippen molar-refractivity contribution in [3.05, 3.63) is 56.5 Å². The van der Waals surface area contributed by atoms with Crippen LogP contribution in [0.2, 0.25) is 0 Å². The van der Waals surface area contributed by atoms with Gasteiger partial charge in [0.1, 0.15) is 0 Å². The van der Waals surface area contributed by atoms with E-state index in [2.05, 4.69) is 46.9 Å². The van der Waals surface area contributed by atoms with Gasteiger partial charge in [0.25, 0.3) is 5.56 Å². The summed E-state index contributed by atoms with van der Waals surface area (Å²) >= 11 is 0. The highest BCUT2D eigenvalue weighted by Crippen LogP contribution is 2.16. The van der Waals surface area contributed by atoms with E-state index in [9.17, 15) is 4.79 Å². The van der Waals surface area contributed by atoms with E-state index >= 15 is 0 Å². The number of hydrogen-bond donors (Lipinski definition) is 1. The SMILES string of the molecule is Cc1ccc(CN2CCc3nc(N(C)C)[nH]c(=O)c3CC2)cc1C. The second-order valence-corrected chi connectivity index (χ2v) is 6.90. The van der Waals surface area contributed by atoms with Gasteiger partial charge in [-0.1, -0.05) is 18.2 Å². The molecule has 5 heteroatoms. The van der Waals surface area contributed by atoms with Gasteiger partial charge in [-0.05, 0) is 37.0 Å². The Morgan fingerprint density at radius 1 is 1.17 bits per heavy atom. The Hall–Kier alpha value is -2.14. The van der Waals surface area contributed by atoms with Crippen LogP contribution in [-0.2, 0) is 19.4 Å². The maximum absolute atomic E-state index is 12.3. The van der Waals surface area contributed by atoms with Crippen molar-refractivity contribution in [2.75, 3.05) is 32.1 Å². The molecule has 0 amide bonds. The van der Waals surface area contributed by atoms with E-state index in [0.29, 0.717) is 5.95 Å². The third-order valence-electron chi connectivity index (χ3n) is 4.83. The number of anilines is 1. The van der Waals surface area contributed by atoms with Crippen LogP contribution < -0.4 is 10.5 Å². The Labute approximate surface area is 143 Å². The minimum atomic E-state index is 0.0109. The Bertz CT molecular complexity index is 794. The number of nitrogens with one attached hydrogen (secondary N) is 1. The van der Waals surface area contributed by atoms with Gasteiger partial charge in [0, 0.05) is 45.7 Å². The molecule has 5 nitrogen and oxygen atoms in total. The van der Waals surface area contributed by atoms with Gasteiger partial charge in [-0.15, -0.1) is 0 Å². The van der Waals surface area contributed by atoms with Crippen LogP contribution in [0.1, 0.15) is 27.9 Å². The minimum Gasteiger partial charge on any atom is -0.348 e. The first-order chi connectivity index (χ1) is 11.4. The minimum absolute atomic E-state index is 0.0109. The monoisotopic (exact) mass is 326 g/mol. The van der Waals surface area contributed by atoms with Gasteiger partial charge < -0.3 is 4.90 Å². The molecule has 0 saturated carbocycles. The smallest absolute Gasteiger partial charge is 0.255 e. The number of hydrogen-bond acceptors (Lipinski definition) is 4. The van der Waals surface area contributed by atoms with E-state index in [1.54, 1.807) is 0 Å². The molecule has 0 spiro atoms. The summed E-state index contributed by atoms with van der Waals surface area (Å²) in [5, 5.41) is 0. The van der Waals surface area contributed by atoms with Crippen molar-refractivity contribution in [1.29, 1.82) is 0 Å². The number of aromatic nitrogens is 2. The maximum atomic E-state index is 12.3. The molecule has 0 atom stereocenters. The maximum Gasteiger partial charge on any atom is 0.255 e. The van der Waals surface area contributed by atoms with Crippen LogP contribution in [0.15, 0.2) is 23.0 Å². The van der Waals surface area contributed by atoms with Crippen LogP contribution in [0.25, 0.3) is 0 Å². The lowest BCUT2D eigenvalue weighted by molar-refractivity contribution is 0.279. The fraction of sp³-hybridized carbons (Fsp3) is 0.474. The summed E-state index contributed by atoms with van der Waals surface area (Å²) in [5.41, 5.74) is 5.80. The summed E-state index contributed by atoms with van der Waals surface area (Å²) in [7, 11) is 3.79. The van der Waals surface area contributed by atoms with E-state index in [0.717, 1.165) is 43.7 Å². The van der Waals surface area contributed by atoms with Crippen LogP contribution in [0.3, 0.4) is 0 Å². The number of benzene rings is 1. The molecule has 0 aliphatic carbocycles. The first kappa shape index (κ1) is 16.7. The molecule has 24 heavy (non-hydrogen) atoms. The fourth-order valence-corrected chi connectivity index (χ4v) is 3.17. The van der Waals surface area contributed by atoms with Crippen molar-refractivity contribution in [3.63, 3.8) is 0 Å². The van der Waals surface area contributed by atoms with Gasteiger partial charge in [-0.2, -0.15) is 0 Å². The summed E-state index contributed by atoms with van der Waals surface area (Å²) in [6, 6.07) is 6.66. The zero-order valence-corrected chi connectivity index (χ0v) is 15.0. The molecule has 0 saturated heterocycles. The summed E-state index contributed by atoms with van der Waals surface area (Å²) < 4.78 is 0. The molecule has 1 aromatic carbocycles. The first-order valence-corrected chi connectivity index (χ1v) is 8.52. The average Bonchev–Trinajstić information content (AvgIpc) is 2.74. The zero-order chi connectivity index (χ0) is 17.3. The van der Waals surface area contributed by atoms with Gasteiger partial charge in [0.15, 0.2) is 0 Å². The van der Waals surface area contributed by atoms with Crippen molar-refractivity contribution >= 4 is 5.95 Å². The highest BCUT2D eigenvalue weighted by atomic mass is 16.1. The first-order valence-electron chi connectivity index (χ1n) is 8.52. The van der Waals surface area contributed by atoms with Gasteiger partial charge in [0.05, 0.1) is 5.69 Å². The van der Waals surface area contributed by atoms with Crippen LogP contribution in [0.4, 0.5) is 5.95 Å². The predicted octanol–water partition coefficient (Wildman–Crippen LogP) is 2.05. The van der Waals surface area contributed by atoms with Crippen LogP contribution in [-0.4, -0.2) is 42.1 Å². The molecule has 0 unspecified atom stereocenters. The van der Waals surface area contributed by atoms with Gasteiger partial charge in [-0.3, -0.25) is 14.7 Å². The summed E-state index contributed by atoms with van der Waals surface area (Å²) in [6.45, 7) is 7.05. The van der Waals surface area contributed by atoms with E-state index in [-0.39, 0.29) is 5.56 Å². The standard InChI is InChI=1S/C19H26N4O/c1-13-5-6-15(11-14(13)2)12-23-9-7-16-17(8-10-23)20-19(22(3)4)21-18(16)24/h5-6,11H,7-10,12H2,1-4H3,(H,20,21,24). The van der Waals surface area contributed by atoms with Crippen molar-refractivity contribution in [2.45, 2.75) is 33.2 Å². The molecular formula is C19H26N4O. The van der Waals surface area contributed by atoms with Gasteiger partial charge in [-0.25, -0.2) is 4.98 Å². The van der Waals surface area contributed by atoms with Crippen LogP contribution in [0, 0.1) is 13.8 Å². The number of rotatable bonds is 3. The third-order valence-corrected chi connectivity index (χ3v) is 4.83. The van der Waals surface area contributed by atoms with Gasteiger partial charge >= 0.3 is 0 Å². The van der Waals surface area contributed by atoms with Crippen LogP contribution in [0.5, 0.6) is 0 Å². The highest BCUT2D eigenvalue weighted by molar-refractivity contribution is 5.33. The third kappa shape index (κ3) is 3.51. The van der Waals surface area contributed by atoms with Crippen molar-refractivity contribution in [3.8, 4) is 0 Å². The molecule has 0 bridgehead atoms. The molecule has 0 radical (unpaired) electrons. The predicted molar refractivity (Wildman–Crippen MR) is 97.8 cm³/mol. The second-order valence-electron chi connectivity index (χ2n) is 6.90. The number of aromatic amines is 1. The van der Waals surface area contributed by atoms with E-state index in [4.69, 9.17) is 0 Å². The highest BCUT2D eigenvalue weighted by Gasteiger charge is 2.19. The number of fused-ring (bicyclic) bond motifs is 1. The lowest BCUT2D eigenvalue weighted by Crippen LogP contribution is -2.26. The quantitative estimate of drug-likeness (QED) is 0.938. The molecule has 2 aromatic rings. The molecule has 1 aromatic heterocycles. The van der Waals surface area contributed by atoms with Crippen LogP contribution >= 0.6 is 0 Å². The van der Waals surface area contributed by atoms with Crippen molar-refractivity contribution in [1.82, 2.24) is 14.9 Å². The Morgan fingerprint density at radius 2 is 1.92 bits per heavy atom. The Kier molecular flexibility index (Phi) is 4.71. The van der Waals surface area contributed by atoms with Gasteiger partial charge in [0.2, 0.25) is 5.95 Å². The summed E-state index contributed by atoms with van der Waals surface area (Å²) in [4.78, 5) is 24.1. The van der Waals surface area contributed by atoms with E-state index in [1.165, 1.54) is 16.7 Å². The lowest BCUT2D eigenvalue weighted by Gasteiger charge is -2.20. The molecule has 1 N–H and O–H groups in total. The topological polar surface area (TPSA) is 52.2 Å². The zero-order valence-electron chi connectivity index (χ0n) is 15.0. The molecule has 0 fully saturated rings. The molecule has 1 aliphatic heterocycles. The number of aryl methyl sites for hydroxylation is 2.